The highest BCUT2D eigenvalue weighted by Crippen LogP contribution is 2.33. The van der Waals surface area contributed by atoms with Gasteiger partial charge >= 0.3 is 0 Å². The molecule has 2 fully saturated rings. The molecule has 1 saturated heterocycles. The molecule has 32 heavy (non-hydrogen) atoms. The minimum Gasteiger partial charge on any atom is -0.488 e. The number of nitrogens with zero attached hydrogens (tertiary/aromatic N) is 5. The number of benzene rings is 1. The Morgan fingerprint density at radius 2 is 1.88 bits per heavy atom. The van der Waals surface area contributed by atoms with E-state index >= 15 is 0 Å². The Hall–Kier alpha value is -2.75. The van der Waals surface area contributed by atoms with Gasteiger partial charge in [0.1, 0.15) is 23.2 Å². The van der Waals surface area contributed by atoms with Crippen molar-refractivity contribution in [1.82, 2.24) is 24.8 Å². The van der Waals surface area contributed by atoms with Gasteiger partial charge in [-0.15, -0.1) is 0 Å². The predicted molar refractivity (Wildman–Crippen MR) is 121 cm³/mol. The number of aromatic nitrogens is 4. The quantitative estimate of drug-likeness (QED) is 0.565. The summed E-state index contributed by atoms with van der Waals surface area (Å²) < 4.78 is 13.8. The van der Waals surface area contributed by atoms with Crippen molar-refractivity contribution >= 4 is 16.7 Å². The third-order valence-corrected chi connectivity index (χ3v) is 6.27. The maximum absolute atomic E-state index is 10.4. The Morgan fingerprint density at radius 1 is 1.09 bits per heavy atom. The van der Waals surface area contributed by atoms with Crippen LogP contribution in [0.4, 0.5) is 5.69 Å². The molecule has 3 aromatic rings. The van der Waals surface area contributed by atoms with E-state index in [0.29, 0.717) is 5.69 Å². The normalized spacial score (nSPS) is 22.8. The fraction of sp³-hybridized carbons (Fsp3) is 0.522. The largest absolute Gasteiger partial charge is 0.488 e. The second-order valence-electron chi connectivity index (χ2n) is 8.59. The lowest BCUT2D eigenvalue weighted by atomic mass is 9.92. The maximum Gasteiger partial charge on any atom is 0.149 e. The Morgan fingerprint density at radius 3 is 2.62 bits per heavy atom. The van der Waals surface area contributed by atoms with Crippen LogP contribution in [0, 0.1) is 0 Å². The number of nitrogens with one attached hydrogen (secondary N) is 1. The molecule has 1 aliphatic heterocycles. The van der Waals surface area contributed by atoms with Gasteiger partial charge in [-0.2, -0.15) is 0 Å². The van der Waals surface area contributed by atoms with Crippen molar-refractivity contribution in [2.45, 2.75) is 44.1 Å². The third kappa shape index (κ3) is 4.69. The van der Waals surface area contributed by atoms with Gasteiger partial charge in [0.25, 0.3) is 0 Å². The van der Waals surface area contributed by atoms with E-state index in [9.17, 15) is 5.11 Å². The molecule has 9 heteroatoms. The molecule has 1 atom stereocenters. The van der Waals surface area contributed by atoms with Crippen molar-refractivity contribution < 1.29 is 14.6 Å². The van der Waals surface area contributed by atoms with Crippen molar-refractivity contribution in [1.29, 1.82) is 0 Å². The van der Waals surface area contributed by atoms with Crippen LogP contribution in [0.5, 0.6) is 5.75 Å². The first-order valence-electron chi connectivity index (χ1n) is 11.3. The first kappa shape index (κ1) is 21.1. The van der Waals surface area contributed by atoms with Crippen LogP contribution in [-0.2, 0) is 11.8 Å². The van der Waals surface area contributed by atoms with Crippen molar-refractivity contribution in [3.05, 3.63) is 42.7 Å². The van der Waals surface area contributed by atoms with Gasteiger partial charge < -0.3 is 24.0 Å². The Balaban J connectivity index is 1.25. The molecule has 0 amide bonds. The summed E-state index contributed by atoms with van der Waals surface area (Å²) in [4.78, 5) is 15.6. The highest BCUT2D eigenvalue weighted by atomic mass is 16.5. The minimum atomic E-state index is -0.747. The maximum atomic E-state index is 10.4. The fourth-order valence-corrected chi connectivity index (χ4v) is 4.53. The topological polar surface area (TPSA) is 97.6 Å². The number of hydrogen-bond donors (Lipinski definition) is 2. The molecule has 2 aromatic heterocycles. The summed E-state index contributed by atoms with van der Waals surface area (Å²) in [5.41, 5.74) is 3.40. The van der Waals surface area contributed by atoms with Crippen molar-refractivity contribution in [2.24, 2.45) is 7.05 Å². The molecule has 1 saturated carbocycles. The number of imidazole rings is 1. The summed E-state index contributed by atoms with van der Waals surface area (Å²) in [6.45, 7) is 3.19. The molecular formula is C23H30N6O3. The Labute approximate surface area is 187 Å². The number of rotatable bonds is 6. The number of morpholine rings is 1. The summed E-state index contributed by atoms with van der Waals surface area (Å²) in [7, 11) is 1.90. The number of fused-ring (bicyclic) bond motifs is 1. The molecule has 1 aromatic carbocycles. The highest BCUT2D eigenvalue weighted by Gasteiger charge is 2.26. The Bertz CT molecular complexity index is 1040. The van der Waals surface area contributed by atoms with E-state index in [-0.39, 0.29) is 12.1 Å². The summed E-state index contributed by atoms with van der Waals surface area (Å²) in [5, 5.41) is 13.7. The summed E-state index contributed by atoms with van der Waals surface area (Å²) in [6.07, 6.45) is 10.0. The number of hydrogen-bond acceptors (Lipinski definition) is 8. The Kier molecular flexibility index (Phi) is 6.20. The first-order chi connectivity index (χ1) is 15.7. The smallest absolute Gasteiger partial charge is 0.149 e. The van der Waals surface area contributed by atoms with Gasteiger partial charge in [-0.3, -0.25) is 10.3 Å². The molecule has 2 N–H and O–H groups in total. The van der Waals surface area contributed by atoms with E-state index in [1.807, 2.05) is 17.8 Å². The molecule has 0 radical (unpaired) electrons. The molecular weight excluding hydrogens is 408 g/mol. The van der Waals surface area contributed by atoms with Crippen molar-refractivity contribution in [3.8, 4) is 5.75 Å². The number of ether oxygens (including phenoxy) is 2. The molecule has 9 nitrogen and oxygen atoms in total. The number of aryl methyl sites for hydroxylation is 1. The van der Waals surface area contributed by atoms with Crippen LogP contribution in [0.15, 0.2) is 37.1 Å². The van der Waals surface area contributed by atoms with Crippen LogP contribution in [0.1, 0.15) is 37.6 Å². The standard InChI is InChI=1S/C23H30N6O3/c1-28-14-20(26-15-28)23(30)27-16-2-4-18(5-3-16)32-21-13-17(29-8-10-31-11-9-29)12-19-22(21)25-7-6-24-19/h6-7,12-16,18,23,27,30H,2-5,8-11H2,1H3. The van der Waals surface area contributed by atoms with E-state index < -0.39 is 6.23 Å². The van der Waals surface area contributed by atoms with Gasteiger partial charge in [0.15, 0.2) is 0 Å². The lowest BCUT2D eigenvalue weighted by molar-refractivity contribution is 0.0868. The molecule has 2 aliphatic rings. The van der Waals surface area contributed by atoms with Gasteiger partial charge in [-0.1, -0.05) is 0 Å². The van der Waals surface area contributed by atoms with E-state index in [4.69, 9.17) is 9.47 Å². The van der Waals surface area contributed by atoms with E-state index in [1.165, 1.54) is 0 Å². The van der Waals surface area contributed by atoms with Gasteiger partial charge in [-0.05, 0) is 31.7 Å². The van der Waals surface area contributed by atoms with Gasteiger partial charge in [0.05, 0.1) is 31.2 Å². The second-order valence-corrected chi connectivity index (χ2v) is 8.59. The minimum absolute atomic E-state index is 0.116. The van der Waals surface area contributed by atoms with Gasteiger partial charge in [-0.25, -0.2) is 9.97 Å². The van der Waals surface area contributed by atoms with Crippen LogP contribution in [0.3, 0.4) is 0 Å². The van der Waals surface area contributed by atoms with Gasteiger partial charge in [0.2, 0.25) is 0 Å². The molecule has 1 aliphatic carbocycles. The summed E-state index contributed by atoms with van der Waals surface area (Å²) in [5.74, 6) is 0.794. The molecule has 5 rings (SSSR count). The lowest BCUT2D eigenvalue weighted by Crippen LogP contribution is -2.38. The first-order valence-corrected chi connectivity index (χ1v) is 11.3. The SMILES string of the molecule is Cn1cnc(C(O)NC2CCC(Oc3cc(N4CCOCC4)cc4nccnc34)CC2)c1. The zero-order chi connectivity index (χ0) is 21.9. The fourth-order valence-electron chi connectivity index (χ4n) is 4.53. The molecule has 1 unspecified atom stereocenters. The number of anilines is 1. The molecule has 0 spiro atoms. The van der Waals surface area contributed by atoms with Crippen LogP contribution >= 0.6 is 0 Å². The average Bonchev–Trinajstić information content (AvgIpc) is 3.27. The molecule has 3 heterocycles. The van der Waals surface area contributed by atoms with Crippen LogP contribution in [-0.4, -0.2) is 63.1 Å². The number of aliphatic hydroxyl groups is 1. The monoisotopic (exact) mass is 438 g/mol. The zero-order valence-corrected chi connectivity index (χ0v) is 18.4. The van der Waals surface area contributed by atoms with Crippen molar-refractivity contribution in [3.63, 3.8) is 0 Å². The van der Waals surface area contributed by atoms with Gasteiger partial charge in [0, 0.05) is 56.5 Å². The van der Waals surface area contributed by atoms with Crippen LogP contribution in [0.2, 0.25) is 0 Å². The van der Waals surface area contributed by atoms with E-state index in [2.05, 4.69) is 37.3 Å². The van der Waals surface area contributed by atoms with E-state index in [1.54, 1.807) is 18.7 Å². The predicted octanol–water partition coefficient (Wildman–Crippen LogP) is 2.17. The summed E-state index contributed by atoms with van der Waals surface area (Å²) >= 11 is 0. The number of aliphatic hydroxyl groups excluding tert-OH is 1. The lowest BCUT2D eigenvalue weighted by Gasteiger charge is -2.32. The second kappa shape index (κ2) is 9.40. The highest BCUT2D eigenvalue weighted by molar-refractivity contribution is 5.85. The third-order valence-electron chi connectivity index (χ3n) is 6.27. The zero-order valence-electron chi connectivity index (χ0n) is 18.4. The van der Waals surface area contributed by atoms with Crippen LogP contribution < -0.4 is 15.0 Å². The summed E-state index contributed by atoms with van der Waals surface area (Å²) in [6, 6.07) is 4.42. The molecule has 0 bridgehead atoms. The van der Waals surface area contributed by atoms with E-state index in [0.717, 1.165) is 74.5 Å². The average molecular weight is 439 g/mol. The molecule has 170 valence electrons. The van der Waals surface area contributed by atoms with Crippen molar-refractivity contribution in [2.75, 3.05) is 31.2 Å². The van der Waals surface area contributed by atoms with Crippen LogP contribution in [0.25, 0.3) is 11.0 Å².